The van der Waals surface area contributed by atoms with E-state index in [1.54, 1.807) is 24.3 Å². The number of hydrogen-bond acceptors (Lipinski definition) is 7. The Labute approximate surface area is 188 Å². The SMILES string of the molecule is Nc1ccc(NC(=O)C(=O)NNC(=O)c2cc3ccccc3cc2O)cn1.O=C(O)C(F)(F)F. The summed E-state index contributed by atoms with van der Waals surface area (Å²) in [5, 5.41) is 20.9. The number of halogens is 3. The van der Waals surface area contributed by atoms with Gasteiger partial charge in [0.05, 0.1) is 17.4 Å². The molecule has 0 radical (unpaired) electrons. The van der Waals surface area contributed by atoms with Crippen LogP contribution in [0.25, 0.3) is 10.8 Å². The molecule has 0 saturated carbocycles. The topological polar surface area (TPSA) is 184 Å². The van der Waals surface area contributed by atoms with Gasteiger partial charge in [-0.2, -0.15) is 13.2 Å². The molecule has 0 atom stereocenters. The molecule has 1 aromatic heterocycles. The molecule has 3 rings (SSSR count). The van der Waals surface area contributed by atoms with Crippen molar-refractivity contribution >= 4 is 46.0 Å². The van der Waals surface area contributed by atoms with Crippen LogP contribution in [0.3, 0.4) is 0 Å². The molecule has 0 spiro atoms. The van der Waals surface area contributed by atoms with Crippen LogP contribution in [0.5, 0.6) is 5.75 Å². The van der Waals surface area contributed by atoms with E-state index < -0.39 is 29.9 Å². The number of aromatic hydroxyl groups is 1. The van der Waals surface area contributed by atoms with Crippen molar-refractivity contribution in [2.75, 3.05) is 11.1 Å². The summed E-state index contributed by atoms with van der Waals surface area (Å²) >= 11 is 0. The van der Waals surface area contributed by atoms with Gasteiger partial charge in [-0.05, 0) is 35.0 Å². The number of benzene rings is 2. The van der Waals surface area contributed by atoms with Gasteiger partial charge in [0.1, 0.15) is 11.6 Å². The fourth-order valence-corrected chi connectivity index (χ4v) is 2.31. The van der Waals surface area contributed by atoms with Gasteiger partial charge in [-0.1, -0.05) is 24.3 Å². The maximum Gasteiger partial charge on any atom is 0.490 e. The van der Waals surface area contributed by atoms with Gasteiger partial charge in [0.2, 0.25) is 0 Å². The number of anilines is 2. The molecule has 0 saturated heterocycles. The zero-order valence-electron chi connectivity index (χ0n) is 16.9. The number of carbonyl (C=O) groups excluding carboxylic acids is 3. The van der Waals surface area contributed by atoms with Crippen LogP contribution in [-0.2, 0) is 14.4 Å². The quantitative estimate of drug-likeness (QED) is 0.236. The predicted octanol–water partition coefficient (Wildman–Crippen LogP) is 1.56. The number of rotatable bonds is 2. The molecule has 11 nitrogen and oxygen atoms in total. The molecule has 3 aromatic rings. The fourth-order valence-electron chi connectivity index (χ4n) is 2.31. The lowest BCUT2D eigenvalue weighted by Crippen LogP contribution is -2.46. The number of aliphatic carboxylic acids is 1. The fraction of sp³-hybridized carbons (Fsp3) is 0.0500. The molecule has 0 aliphatic carbocycles. The number of phenols is 1. The van der Waals surface area contributed by atoms with Gasteiger partial charge in [0, 0.05) is 0 Å². The first kappa shape index (κ1) is 25.4. The molecular weight excluding hydrogens is 463 g/mol. The third-order valence-electron chi connectivity index (χ3n) is 3.89. The summed E-state index contributed by atoms with van der Waals surface area (Å²) in [6.07, 6.45) is -3.80. The Bertz CT molecular complexity index is 1230. The Balaban J connectivity index is 0.000000509. The molecule has 34 heavy (non-hydrogen) atoms. The second-order valence-corrected chi connectivity index (χ2v) is 6.35. The molecule has 0 unspecified atom stereocenters. The number of nitrogen functional groups attached to an aromatic ring is 1. The highest BCUT2D eigenvalue weighted by atomic mass is 19.4. The highest BCUT2D eigenvalue weighted by Crippen LogP contribution is 2.24. The second-order valence-electron chi connectivity index (χ2n) is 6.35. The van der Waals surface area contributed by atoms with Crippen molar-refractivity contribution in [2.45, 2.75) is 6.18 Å². The molecule has 1 heterocycles. The molecule has 0 fully saturated rings. The zero-order valence-corrected chi connectivity index (χ0v) is 16.9. The molecular formula is C20H16F3N5O6. The number of alkyl halides is 3. The van der Waals surface area contributed by atoms with E-state index in [4.69, 9.17) is 15.6 Å². The molecule has 0 aliphatic rings. The smallest absolute Gasteiger partial charge is 0.490 e. The molecule has 2 aromatic carbocycles. The number of carboxylic acids is 1. The Morgan fingerprint density at radius 3 is 2.03 bits per heavy atom. The molecule has 3 amide bonds. The van der Waals surface area contributed by atoms with E-state index in [1.807, 2.05) is 5.43 Å². The van der Waals surface area contributed by atoms with Crippen LogP contribution < -0.4 is 21.9 Å². The normalized spacial score (nSPS) is 10.4. The molecule has 0 aliphatic heterocycles. The number of nitrogens with one attached hydrogen (secondary N) is 3. The van der Waals surface area contributed by atoms with E-state index in [9.17, 15) is 32.7 Å². The lowest BCUT2D eigenvalue weighted by atomic mass is 10.1. The Kier molecular flexibility index (Phi) is 7.93. The Hall–Kier alpha value is -4.88. The van der Waals surface area contributed by atoms with Crippen LogP contribution >= 0.6 is 0 Å². The lowest BCUT2D eigenvalue weighted by molar-refractivity contribution is -0.192. The van der Waals surface area contributed by atoms with E-state index in [0.717, 1.165) is 10.8 Å². The second kappa shape index (κ2) is 10.6. The van der Waals surface area contributed by atoms with Gasteiger partial charge >= 0.3 is 24.0 Å². The van der Waals surface area contributed by atoms with Gasteiger partial charge < -0.3 is 21.3 Å². The number of nitrogens with two attached hydrogens (primary N) is 1. The highest BCUT2D eigenvalue weighted by Gasteiger charge is 2.38. The number of nitrogens with zero attached hydrogens (tertiary/aromatic N) is 1. The Morgan fingerprint density at radius 1 is 0.912 bits per heavy atom. The van der Waals surface area contributed by atoms with Crippen LogP contribution in [-0.4, -0.2) is 45.1 Å². The van der Waals surface area contributed by atoms with Gasteiger partial charge in [-0.25, -0.2) is 9.78 Å². The minimum absolute atomic E-state index is 0.0443. The average Bonchev–Trinajstić information content (AvgIpc) is 2.78. The van der Waals surface area contributed by atoms with E-state index >= 15 is 0 Å². The molecule has 0 bridgehead atoms. The molecule has 7 N–H and O–H groups in total. The maximum atomic E-state index is 12.2. The number of hydrogen-bond donors (Lipinski definition) is 6. The Morgan fingerprint density at radius 2 is 1.50 bits per heavy atom. The molecule has 178 valence electrons. The van der Waals surface area contributed by atoms with Crippen LogP contribution in [0.4, 0.5) is 24.7 Å². The number of carbonyl (C=O) groups is 4. The number of phenolic OH excluding ortho intramolecular Hbond substituents is 1. The first-order valence-electron chi connectivity index (χ1n) is 9.03. The van der Waals surface area contributed by atoms with Crippen molar-refractivity contribution in [1.29, 1.82) is 0 Å². The molecule has 14 heteroatoms. The number of amides is 3. The maximum absolute atomic E-state index is 12.2. The van der Waals surface area contributed by atoms with Crippen molar-refractivity contribution in [1.82, 2.24) is 15.8 Å². The number of fused-ring (bicyclic) bond motifs is 1. The van der Waals surface area contributed by atoms with Crippen molar-refractivity contribution in [3.63, 3.8) is 0 Å². The van der Waals surface area contributed by atoms with E-state index in [0.29, 0.717) is 0 Å². The zero-order chi connectivity index (χ0) is 25.5. The highest BCUT2D eigenvalue weighted by molar-refractivity contribution is 6.39. The minimum Gasteiger partial charge on any atom is -0.507 e. The largest absolute Gasteiger partial charge is 0.507 e. The van der Waals surface area contributed by atoms with Gasteiger partial charge in [0.15, 0.2) is 0 Å². The summed E-state index contributed by atoms with van der Waals surface area (Å²) in [6, 6.07) is 13.0. The monoisotopic (exact) mass is 479 g/mol. The van der Waals surface area contributed by atoms with Gasteiger partial charge in [-0.15, -0.1) is 0 Å². The summed E-state index contributed by atoms with van der Waals surface area (Å²) in [4.78, 5) is 48.5. The summed E-state index contributed by atoms with van der Waals surface area (Å²) in [5.74, 6) is -5.62. The third kappa shape index (κ3) is 7.08. The third-order valence-corrected chi connectivity index (χ3v) is 3.89. The van der Waals surface area contributed by atoms with E-state index in [2.05, 4.69) is 15.7 Å². The van der Waals surface area contributed by atoms with E-state index in [-0.39, 0.29) is 22.8 Å². The van der Waals surface area contributed by atoms with E-state index in [1.165, 1.54) is 30.5 Å². The van der Waals surface area contributed by atoms with Crippen molar-refractivity contribution < 1.29 is 42.6 Å². The van der Waals surface area contributed by atoms with Crippen molar-refractivity contribution in [3.8, 4) is 5.75 Å². The summed E-state index contributed by atoms with van der Waals surface area (Å²) < 4.78 is 31.7. The lowest BCUT2D eigenvalue weighted by Gasteiger charge is -2.10. The van der Waals surface area contributed by atoms with Crippen LogP contribution in [0.15, 0.2) is 54.7 Å². The summed E-state index contributed by atoms with van der Waals surface area (Å²) in [7, 11) is 0. The number of carboxylic acid groups (broad SMARTS) is 1. The van der Waals surface area contributed by atoms with Gasteiger partial charge in [0.25, 0.3) is 5.91 Å². The number of pyridine rings is 1. The first-order chi connectivity index (χ1) is 15.9. The average molecular weight is 479 g/mol. The first-order valence-corrected chi connectivity index (χ1v) is 9.03. The van der Waals surface area contributed by atoms with Crippen molar-refractivity contribution in [2.24, 2.45) is 0 Å². The van der Waals surface area contributed by atoms with Crippen LogP contribution in [0, 0.1) is 0 Å². The van der Waals surface area contributed by atoms with Crippen molar-refractivity contribution in [3.05, 3.63) is 60.3 Å². The van der Waals surface area contributed by atoms with Gasteiger partial charge in [-0.3, -0.25) is 25.2 Å². The standard InChI is InChI=1S/C18H15N5O4.C2HF3O2/c19-15-6-5-12(9-20-15)21-17(26)18(27)23-22-16(25)13-7-10-3-1-2-4-11(10)8-14(13)24;3-2(4,5)1(6)7/h1-9,24H,(H2,19,20)(H,21,26)(H,22,25)(H,23,27);(H,6,7). The number of hydrazine groups is 1. The predicted molar refractivity (Wildman–Crippen MR) is 112 cm³/mol. The van der Waals surface area contributed by atoms with Crippen LogP contribution in [0.1, 0.15) is 10.4 Å². The summed E-state index contributed by atoms with van der Waals surface area (Å²) in [6.45, 7) is 0. The minimum atomic E-state index is -5.08. The van der Waals surface area contributed by atoms with Crippen LogP contribution in [0.2, 0.25) is 0 Å². The summed E-state index contributed by atoms with van der Waals surface area (Å²) in [5.41, 5.74) is 9.72. The number of aromatic nitrogens is 1.